The van der Waals surface area contributed by atoms with Crippen LogP contribution in [0.25, 0.3) is 10.9 Å². The molecule has 1 unspecified atom stereocenters. The van der Waals surface area contributed by atoms with Crippen molar-refractivity contribution in [2.75, 3.05) is 69.9 Å². The number of aliphatic hydroxyl groups excluding tert-OH is 1. The molecule has 0 bridgehead atoms. The fraction of sp³-hybridized carbons (Fsp3) is 0.704. The van der Waals surface area contributed by atoms with E-state index in [1.54, 1.807) is 12.0 Å². The summed E-state index contributed by atoms with van der Waals surface area (Å²) in [5, 5.41) is 17.6. The lowest BCUT2D eigenvalue weighted by Crippen LogP contribution is -2.47. The SMILES string of the molecule is COc1cc2c(NC(C)N[C@@H]3COC[C@H]3O)nc(N3CCC(F)(F)CC3)nc2cc1OCCCN1CCCC1. The van der Waals surface area contributed by atoms with E-state index in [0.717, 1.165) is 31.4 Å². The molecule has 39 heavy (non-hydrogen) atoms. The molecule has 3 atom stereocenters. The molecular formula is C27H40F2N6O4. The van der Waals surface area contributed by atoms with Crippen LogP contribution in [0.5, 0.6) is 11.5 Å². The molecule has 3 aliphatic rings. The predicted octanol–water partition coefficient (Wildman–Crippen LogP) is 2.85. The monoisotopic (exact) mass is 550 g/mol. The van der Waals surface area contributed by atoms with Crippen LogP contribution in [0.15, 0.2) is 12.1 Å². The quantitative estimate of drug-likeness (QED) is 0.286. The smallest absolute Gasteiger partial charge is 0.251 e. The van der Waals surface area contributed by atoms with Gasteiger partial charge in [-0.2, -0.15) is 4.98 Å². The van der Waals surface area contributed by atoms with Gasteiger partial charge in [0.25, 0.3) is 5.92 Å². The van der Waals surface area contributed by atoms with E-state index in [-0.39, 0.29) is 38.1 Å². The van der Waals surface area contributed by atoms with Crippen LogP contribution in [0, 0.1) is 0 Å². The summed E-state index contributed by atoms with van der Waals surface area (Å²) >= 11 is 0. The highest BCUT2D eigenvalue weighted by Gasteiger charge is 2.35. The number of nitrogens with one attached hydrogen (secondary N) is 2. The molecule has 0 radical (unpaired) electrons. The van der Waals surface area contributed by atoms with Crippen molar-refractivity contribution in [1.29, 1.82) is 0 Å². The zero-order valence-electron chi connectivity index (χ0n) is 22.8. The Balaban J connectivity index is 1.39. The third kappa shape index (κ3) is 6.97. The number of hydrogen-bond donors (Lipinski definition) is 3. The Hall–Kier alpha value is -2.54. The summed E-state index contributed by atoms with van der Waals surface area (Å²) in [6.07, 6.45) is 2.10. The number of aromatic nitrogens is 2. The minimum Gasteiger partial charge on any atom is -0.493 e. The Morgan fingerprint density at radius 1 is 1.13 bits per heavy atom. The molecule has 216 valence electrons. The number of rotatable bonds is 11. The van der Waals surface area contributed by atoms with E-state index < -0.39 is 12.0 Å². The maximum Gasteiger partial charge on any atom is 0.251 e. The number of anilines is 2. The molecule has 3 saturated heterocycles. The van der Waals surface area contributed by atoms with Crippen LogP contribution in [0.1, 0.15) is 39.0 Å². The van der Waals surface area contributed by atoms with Gasteiger partial charge in [0, 0.05) is 43.9 Å². The summed E-state index contributed by atoms with van der Waals surface area (Å²) in [5.74, 6) is -0.576. The van der Waals surface area contributed by atoms with Crippen molar-refractivity contribution in [3.05, 3.63) is 12.1 Å². The Kier molecular flexibility index (Phi) is 8.85. The maximum absolute atomic E-state index is 13.9. The second-order valence-corrected chi connectivity index (χ2v) is 10.7. The van der Waals surface area contributed by atoms with E-state index in [1.165, 1.54) is 12.8 Å². The second kappa shape index (κ2) is 12.3. The van der Waals surface area contributed by atoms with Gasteiger partial charge in [0.05, 0.1) is 50.8 Å². The van der Waals surface area contributed by atoms with Crippen molar-refractivity contribution in [2.45, 2.75) is 63.3 Å². The lowest BCUT2D eigenvalue weighted by atomic mass is 10.1. The van der Waals surface area contributed by atoms with Crippen molar-refractivity contribution in [3.63, 3.8) is 0 Å². The van der Waals surface area contributed by atoms with Crippen LogP contribution in [-0.4, -0.2) is 104 Å². The summed E-state index contributed by atoms with van der Waals surface area (Å²) in [5.41, 5.74) is 0.631. The maximum atomic E-state index is 13.9. The normalized spacial score (nSPS) is 24.3. The number of halogens is 2. The molecule has 4 heterocycles. The van der Waals surface area contributed by atoms with Gasteiger partial charge in [-0.15, -0.1) is 0 Å². The molecule has 3 N–H and O–H groups in total. The van der Waals surface area contributed by atoms with Gasteiger partial charge in [0.1, 0.15) is 5.82 Å². The molecule has 1 aromatic heterocycles. The number of benzene rings is 1. The van der Waals surface area contributed by atoms with Crippen molar-refractivity contribution in [1.82, 2.24) is 20.2 Å². The van der Waals surface area contributed by atoms with Crippen LogP contribution in [0.2, 0.25) is 0 Å². The van der Waals surface area contributed by atoms with Gasteiger partial charge in [-0.25, -0.2) is 13.8 Å². The third-order valence-electron chi connectivity index (χ3n) is 7.69. The number of aliphatic hydroxyl groups is 1. The molecule has 0 spiro atoms. The Morgan fingerprint density at radius 2 is 1.90 bits per heavy atom. The van der Waals surface area contributed by atoms with Gasteiger partial charge in [0.15, 0.2) is 11.5 Å². The fourth-order valence-electron chi connectivity index (χ4n) is 5.43. The van der Waals surface area contributed by atoms with E-state index in [4.69, 9.17) is 24.2 Å². The molecule has 12 heteroatoms. The third-order valence-corrected chi connectivity index (χ3v) is 7.69. The average Bonchev–Trinajstić information content (AvgIpc) is 3.58. The van der Waals surface area contributed by atoms with Crippen molar-refractivity contribution >= 4 is 22.7 Å². The number of methoxy groups -OCH3 is 1. The first-order valence-corrected chi connectivity index (χ1v) is 14.0. The molecule has 0 amide bonds. The lowest BCUT2D eigenvalue weighted by molar-refractivity contribution is -0.0222. The molecule has 3 fully saturated rings. The van der Waals surface area contributed by atoms with Crippen molar-refractivity contribution < 1.29 is 28.1 Å². The number of likely N-dealkylation sites (tertiary alicyclic amines) is 1. The van der Waals surface area contributed by atoms with E-state index in [0.29, 0.717) is 48.6 Å². The minimum absolute atomic E-state index is 0.174. The molecule has 5 rings (SSSR count). The molecule has 2 aromatic rings. The molecule has 10 nitrogen and oxygen atoms in total. The van der Waals surface area contributed by atoms with Crippen LogP contribution in [0.3, 0.4) is 0 Å². The summed E-state index contributed by atoms with van der Waals surface area (Å²) in [6, 6.07) is 3.48. The predicted molar refractivity (Wildman–Crippen MR) is 145 cm³/mol. The van der Waals surface area contributed by atoms with Crippen LogP contribution < -0.4 is 25.0 Å². The number of nitrogens with zero attached hydrogens (tertiary/aromatic N) is 4. The number of alkyl halides is 2. The molecule has 1 aromatic carbocycles. The summed E-state index contributed by atoms with van der Waals surface area (Å²) in [6.45, 7) is 6.83. The Labute approximate surface area is 228 Å². The van der Waals surface area contributed by atoms with E-state index >= 15 is 0 Å². The highest BCUT2D eigenvalue weighted by Crippen LogP contribution is 2.37. The number of piperidine rings is 1. The Morgan fingerprint density at radius 3 is 2.59 bits per heavy atom. The van der Waals surface area contributed by atoms with Gasteiger partial charge in [-0.3, -0.25) is 5.32 Å². The van der Waals surface area contributed by atoms with Gasteiger partial charge in [-0.1, -0.05) is 0 Å². The van der Waals surface area contributed by atoms with Gasteiger partial charge < -0.3 is 34.4 Å². The van der Waals surface area contributed by atoms with E-state index in [2.05, 4.69) is 15.5 Å². The Bertz CT molecular complexity index is 1110. The number of ether oxygens (including phenoxy) is 3. The summed E-state index contributed by atoms with van der Waals surface area (Å²) in [4.78, 5) is 13.8. The molecule has 3 aliphatic heterocycles. The van der Waals surface area contributed by atoms with Crippen molar-refractivity contribution in [3.8, 4) is 11.5 Å². The fourth-order valence-corrected chi connectivity index (χ4v) is 5.43. The standard InChI is InChI=1S/C27H40F2N6O4/c1-18(30-21-16-38-17-22(21)36)31-25-19-14-23(37-2)24(39-13-5-10-34-8-3-4-9-34)15-20(19)32-26(33-25)35-11-6-27(28,29)7-12-35/h14-15,18,21-22,30,36H,3-13,16-17H2,1-2H3,(H,31,32,33)/t18?,21-,22-/m1/s1. The van der Waals surface area contributed by atoms with Gasteiger partial charge >= 0.3 is 0 Å². The first-order valence-electron chi connectivity index (χ1n) is 14.0. The minimum atomic E-state index is -2.67. The molecule has 0 aliphatic carbocycles. The van der Waals surface area contributed by atoms with E-state index in [9.17, 15) is 13.9 Å². The number of fused-ring (bicyclic) bond motifs is 1. The summed E-state index contributed by atoms with van der Waals surface area (Å²) < 4.78 is 44.8. The van der Waals surface area contributed by atoms with Gasteiger partial charge in [-0.05, 0) is 45.3 Å². The van der Waals surface area contributed by atoms with Gasteiger partial charge in [0.2, 0.25) is 5.95 Å². The van der Waals surface area contributed by atoms with Crippen LogP contribution in [0.4, 0.5) is 20.5 Å². The largest absolute Gasteiger partial charge is 0.493 e. The average molecular weight is 551 g/mol. The van der Waals surface area contributed by atoms with Crippen LogP contribution in [-0.2, 0) is 4.74 Å². The first-order chi connectivity index (χ1) is 18.8. The number of hydrogen-bond acceptors (Lipinski definition) is 10. The van der Waals surface area contributed by atoms with E-state index in [1.807, 2.05) is 19.1 Å². The zero-order valence-corrected chi connectivity index (χ0v) is 22.8. The van der Waals surface area contributed by atoms with Crippen molar-refractivity contribution in [2.24, 2.45) is 0 Å². The highest BCUT2D eigenvalue weighted by atomic mass is 19.3. The molecule has 0 saturated carbocycles. The topological polar surface area (TPSA) is 104 Å². The first kappa shape index (κ1) is 28.0. The molecular weight excluding hydrogens is 510 g/mol. The highest BCUT2D eigenvalue weighted by molar-refractivity contribution is 5.93. The van der Waals surface area contributed by atoms with Crippen LogP contribution >= 0.6 is 0 Å². The summed E-state index contributed by atoms with van der Waals surface area (Å²) in [7, 11) is 1.60. The zero-order chi connectivity index (χ0) is 27.4. The lowest BCUT2D eigenvalue weighted by Gasteiger charge is -2.32. The second-order valence-electron chi connectivity index (χ2n) is 10.7.